The number of amides is 2. The van der Waals surface area contributed by atoms with E-state index in [-0.39, 0.29) is 24.0 Å². The van der Waals surface area contributed by atoms with Crippen LogP contribution in [0.3, 0.4) is 0 Å². The number of piperidine rings is 1. The van der Waals surface area contributed by atoms with E-state index in [2.05, 4.69) is 17.3 Å². The molecule has 1 heterocycles. The van der Waals surface area contributed by atoms with Gasteiger partial charge < -0.3 is 20.2 Å². The summed E-state index contributed by atoms with van der Waals surface area (Å²) >= 11 is 0. The molecule has 2 aliphatic rings. The maximum Gasteiger partial charge on any atom is 0.317 e. The lowest BCUT2D eigenvalue weighted by molar-refractivity contribution is -0.141. The minimum absolute atomic E-state index is 0.00682. The van der Waals surface area contributed by atoms with Gasteiger partial charge >= 0.3 is 12.0 Å². The van der Waals surface area contributed by atoms with Crippen LogP contribution in [0.25, 0.3) is 0 Å². The van der Waals surface area contributed by atoms with Crippen LogP contribution in [0.4, 0.5) is 4.79 Å². The lowest BCUT2D eigenvalue weighted by atomic mass is 10.1. The van der Waals surface area contributed by atoms with Crippen molar-refractivity contribution in [3.8, 4) is 0 Å². The number of aliphatic carboxylic acids is 1. The van der Waals surface area contributed by atoms with E-state index in [9.17, 15) is 9.59 Å². The quantitative estimate of drug-likeness (QED) is 0.809. The lowest BCUT2D eigenvalue weighted by Crippen LogP contribution is -2.52. The second kappa shape index (κ2) is 6.43. The maximum absolute atomic E-state index is 12.2. The number of carbonyl (C=O) groups is 2. The average Bonchev–Trinajstić information content (AvgIpc) is 2.86. The van der Waals surface area contributed by atoms with Crippen molar-refractivity contribution >= 4 is 12.0 Å². The number of urea groups is 1. The zero-order valence-corrected chi connectivity index (χ0v) is 12.3. The molecule has 1 aliphatic heterocycles. The van der Waals surface area contributed by atoms with E-state index in [0.29, 0.717) is 12.8 Å². The number of likely N-dealkylation sites (N-methyl/N-ethyl adjacent to an activating group) is 2. The second-order valence-corrected chi connectivity index (χ2v) is 6.16. The van der Waals surface area contributed by atoms with Crippen LogP contribution >= 0.6 is 0 Å². The van der Waals surface area contributed by atoms with Crippen molar-refractivity contribution in [1.82, 2.24) is 15.1 Å². The molecule has 1 aliphatic carbocycles. The van der Waals surface area contributed by atoms with Crippen molar-refractivity contribution in [1.29, 1.82) is 0 Å². The van der Waals surface area contributed by atoms with Gasteiger partial charge in [0.05, 0.1) is 5.92 Å². The second-order valence-electron chi connectivity index (χ2n) is 6.16. The van der Waals surface area contributed by atoms with Gasteiger partial charge in [-0.25, -0.2) is 4.79 Å². The number of carboxylic acid groups (broad SMARTS) is 1. The van der Waals surface area contributed by atoms with Crippen LogP contribution in [0, 0.1) is 5.92 Å². The fraction of sp³-hybridized carbons (Fsp3) is 0.857. The molecule has 114 valence electrons. The molecule has 0 radical (unpaired) electrons. The summed E-state index contributed by atoms with van der Waals surface area (Å²) in [6.07, 6.45) is 4.14. The average molecular weight is 283 g/mol. The first kappa shape index (κ1) is 15.1. The number of carboxylic acids is 1. The minimum Gasteiger partial charge on any atom is -0.481 e. The number of likely N-dealkylation sites (tertiary alicyclic amines) is 1. The largest absolute Gasteiger partial charge is 0.481 e. The first-order valence-corrected chi connectivity index (χ1v) is 7.42. The maximum atomic E-state index is 12.2. The van der Waals surface area contributed by atoms with E-state index in [1.165, 1.54) is 0 Å². The van der Waals surface area contributed by atoms with Crippen LogP contribution in [0.2, 0.25) is 0 Å². The minimum atomic E-state index is -0.746. The first-order chi connectivity index (χ1) is 9.47. The number of hydrogen-bond donors (Lipinski definition) is 2. The molecule has 2 fully saturated rings. The first-order valence-electron chi connectivity index (χ1n) is 7.42. The summed E-state index contributed by atoms with van der Waals surface area (Å²) in [6.45, 7) is 2.00. The monoisotopic (exact) mass is 283 g/mol. The molecule has 6 heteroatoms. The molecule has 0 aromatic heterocycles. The molecule has 0 aromatic rings. The summed E-state index contributed by atoms with van der Waals surface area (Å²) in [5.41, 5.74) is 0. The Hall–Kier alpha value is -1.30. The fourth-order valence-electron chi connectivity index (χ4n) is 3.23. The van der Waals surface area contributed by atoms with Crippen molar-refractivity contribution in [2.45, 2.75) is 44.2 Å². The molecule has 20 heavy (non-hydrogen) atoms. The predicted octanol–water partition coefficient (Wildman–Crippen LogP) is 0.975. The molecule has 1 saturated carbocycles. The SMILES string of the molecule is CN1CCCC(N(C)C(=O)N[C@H]2CC[C@@H](C(=O)O)C2)C1. The molecule has 0 spiro atoms. The summed E-state index contributed by atoms with van der Waals surface area (Å²) in [4.78, 5) is 27.2. The third-order valence-electron chi connectivity index (χ3n) is 4.58. The summed E-state index contributed by atoms with van der Waals surface area (Å²) in [5, 5.41) is 12.0. The Bertz CT molecular complexity index is 375. The lowest BCUT2D eigenvalue weighted by Gasteiger charge is -2.36. The highest BCUT2D eigenvalue weighted by molar-refractivity contribution is 5.75. The summed E-state index contributed by atoms with van der Waals surface area (Å²) in [7, 11) is 3.91. The van der Waals surface area contributed by atoms with Crippen molar-refractivity contribution in [2.75, 3.05) is 27.2 Å². The molecule has 2 amide bonds. The van der Waals surface area contributed by atoms with Crippen LogP contribution in [-0.4, -0.2) is 66.2 Å². The van der Waals surface area contributed by atoms with Gasteiger partial charge in [0.15, 0.2) is 0 Å². The van der Waals surface area contributed by atoms with Gasteiger partial charge in [0.25, 0.3) is 0 Å². The molecular weight excluding hydrogens is 258 g/mol. The highest BCUT2D eigenvalue weighted by Gasteiger charge is 2.32. The van der Waals surface area contributed by atoms with Crippen molar-refractivity contribution in [3.05, 3.63) is 0 Å². The van der Waals surface area contributed by atoms with E-state index in [1.807, 2.05) is 7.05 Å². The van der Waals surface area contributed by atoms with Gasteiger partial charge in [-0.15, -0.1) is 0 Å². The van der Waals surface area contributed by atoms with Crippen molar-refractivity contribution in [2.24, 2.45) is 5.92 Å². The van der Waals surface area contributed by atoms with Crippen LogP contribution in [0.15, 0.2) is 0 Å². The molecule has 1 unspecified atom stereocenters. The van der Waals surface area contributed by atoms with E-state index in [1.54, 1.807) is 4.90 Å². The number of rotatable bonds is 3. The molecule has 6 nitrogen and oxygen atoms in total. The van der Waals surface area contributed by atoms with E-state index >= 15 is 0 Å². The molecule has 0 bridgehead atoms. The fourth-order valence-corrected chi connectivity index (χ4v) is 3.23. The van der Waals surface area contributed by atoms with E-state index in [0.717, 1.165) is 32.4 Å². The van der Waals surface area contributed by atoms with Gasteiger partial charge in [-0.1, -0.05) is 0 Å². The van der Waals surface area contributed by atoms with Gasteiger partial charge in [0, 0.05) is 25.7 Å². The molecule has 2 rings (SSSR count). The van der Waals surface area contributed by atoms with Gasteiger partial charge in [-0.2, -0.15) is 0 Å². The third kappa shape index (κ3) is 3.62. The third-order valence-corrected chi connectivity index (χ3v) is 4.58. The summed E-state index contributed by atoms with van der Waals surface area (Å²) in [5.74, 6) is -1.05. The number of hydrogen-bond acceptors (Lipinski definition) is 3. The standard InChI is InChI=1S/C14H25N3O3/c1-16-7-3-4-12(9-16)17(2)14(20)15-11-6-5-10(8-11)13(18)19/h10-12H,3-9H2,1-2H3,(H,15,20)(H,18,19)/t10-,11+,12?/m1/s1. The highest BCUT2D eigenvalue weighted by Crippen LogP contribution is 2.26. The van der Waals surface area contributed by atoms with Gasteiger partial charge in [-0.05, 0) is 45.7 Å². The number of nitrogens with one attached hydrogen (secondary N) is 1. The number of carbonyl (C=O) groups excluding carboxylic acids is 1. The Morgan fingerprint density at radius 3 is 2.65 bits per heavy atom. The van der Waals surface area contributed by atoms with Gasteiger partial charge in [-0.3, -0.25) is 4.79 Å². The van der Waals surface area contributed by atoms with Gasteiger partial charge in [0.2, 0.25) is 0 Å². The van der Waals surface area contributed by atoms with Crippen LogP contribution < -0.4 is 5.32 Å². The summed E-state index contributed by atoms with van der Waals surface area (Å²) < 4.78 is 0. The van der Waals surface area contributed by atoms with Gasteiger partial charge in [0.1, 0.15) is 0 Å². The highest BCUT2D eigenvalue weighted by atomic mass is 16.4. The van der Waals surface area contributed by atoms with Crippen LogP contribution in [-0.2, 0) is 4.79 Å². The zero-order chi connectivity index (χ0) is 14.7. The Morgan fingerprint density at radius 2 is 2.05 bits per heavy atom. The predicted molar refractivity (Wildman–Crippen MR) is 75.6 cm³/mol. The normalized spacial score (nSPS) is 31.0. The van der Waals surface area contributed by atoms with Crippen molar-refractivity contribution in [3.63, 3.8) is 0 Å². The van der Waals surface area contributed by atoms with E-state index < -0.39 is 5.97 Å². The Morgan fingerprint density at radius 1 is 1.30 bits per heavy atom. The Labute approximate surface area is 120 Å². The molecule has 0 aromatic carbocycles. The van der Waals surface area contributed by atoms with Crippen LogP contribution in [0.5, 0.6) is 0 Å². The smallest absolute Gasteiger partial charge is 0.317 e. The van der Waals surface area contributed by atoms with Crippen LogP contribution in [0.1, 0.15) is 32.1 Å². The Balaban J connectivity index is 1.81. The van der Waals surface area contributed by atoms with Crippen molar-refractivity contribution < 1.29 is 14.7 Å². The molecule has 1 saturated heterocycles. The molecular formula is C14H25N3O3. The van der Waals surface area contributed by atoms with E-state index in [4.69, 9.17) is 5.11 Å². The topological polar surface area (TPSA) is 72.9 Å². The Kier molecular flexibility index (Phi) is 4.86. The zero-order valence-electron chi connectivity index (χ0n) is 12.3. The summed E-state index contributed by atoms with van der Waals surface area (Å²) in [6, 6.07) is 0.194. The molecule has 3 atom stereocenters. The number of nitrogens with zero attached hydrogens (tertiary/aromatic N) is 2. The molecule has 2 N–H and O–H groups in total.